The van der Waals surface area contributed by atoms with Crippen LogP contribution in [-0.2, 0) is 10.0 Å². The van der Waals surface area contributed by atoms with Crippen molar-refractivity contribution in [1.29, 1.82) is 0 Å². The van der Waals surface area contributed by atoms with Gasteiger partial charge in [0, 0.05) is 20.1 Å². The van der Waals surface area contributed by atoms with Crippen LogP contribution in [0.3, 0.4) is 0 Å². The fraction of sp³-hybridized carbons (Fsp3) is 0.600. The van der Waals surface area contributed by atoms with Crippen LogP contribution in [0.1, 0.15) is 26.7 Å². The topological polar surface area (TPSA) is 49.4 Å². The molecule has 1 N–H and O–H groups in total. The average Bonchev–Trinajstić information content (AvgIpc) is 2.47. The number of hydrogen-bond donors (Lipinski definition) is 1. The van der Waals surface area contributed by atoms with Crippen LogP contribution in [0.4, 0.5) is 5.69 Å². The number of piperidine rings is 1. The lowest BCUT2D eigenvalue weighted by atomic mass is 9.87. The second-order valence-corrected chi connectivity index (χ2v) is 7.64. The molecule has 0 radical (unpaired) electrons. The van der Waals surface area contributed by atoms with E-state index in [2.05, 4.69) is 19.2 Å². The normalized spacial score (nSPS) is 18.4. The minimum atomic E-state index is -3.38. The van der Waals surface area contributed by atoms with E-state index in [4.69, 9.17) is 0 Å². The van der Waals surface area contributed by atoms with Crippen molar-refractivity contribution in [2.75, 3.05) is 25.5 Å². The van der Waals surface area contributed by atoms with E-state index in [-0.39, 0.29) is 0 Å². The first-order valence-corrected chi connectivity index (χ1v) is 8.67. The zero-order valence-electron chi connectivity index (χ0n) is 12.5. The molecule has 0 amide bonds. The summed E-state index contributed by atoms with van der Waals surface area (Å²) < 4.78 is 27.1. The molecule has 112 valence electrons. The summed E-state index contributed by atoms with van der Waals surface area (Å²) in [5, 5.41) is 2.96. The molecular formula is C15H24N2O2S. The van der Waals surface area contributed by atoms with Gasteiger partial charge in [-0.3, -0.25) is 0 Å². The highest BCUT2D eigenvalue weighted by atomic mass is 32.2. The van der Waals surface area contributed by atoms with Crippen molar-refractivity contribution in [3.63, 3.8) is 0 Å². The van der Waals surface area contributed by atoms with Gasteiger partial charge in [-0.1, -0.05) is 26.0 Å². The van der Waals surface area contributed by atoms with Crippen molar-refractivity contribution in [1.82, 2.24) is 4.31 Å². The lowest BCUT2D eigenvalue weighted by Crippen LogP contribution is -2.39. The van der Waals surface area contributed by atoms with E-state index >= 15 is 0 Å². The Morgan fingerprint density at radius 1 is 1.20 bits per heavy atom. The van der Waals surface area contributed by atoms with Crippen molar-refractivity contribution in [3.8, 4) is 0 Å². The lowest BCUT2D eigenvalue weighted by Gasteiger charge is -2.33. The van der Waals surface area contributed by atoms with E-state index in [9.17, 15) is 8.42 Å². The number of rotatable bonds is 4. The Hall–Kier alpha value is -1.07. The number of nitrogens with one attached hydrogen (secondary N) is 1. The molecule has 0 aliphatic carbocycles. The van der Waals surface area contributed by atoms with Crippen LogP contribution in [0.15, 0.2) is 29.2 Å². The quantitative estimate of drug-likeness (QED) is 0.929. The molecule has 1 saturated heterocycles. The smallest absolute Gasteiger partial charge is 0.245 e. The third-order valence-electron chi connectivity index (χ3n) is 4.22. The molecule has 1 aliphatic rings. The van der Waals surface area contributed by atoms with E-state index < -0.39 is 10.0 Å². The van der Waals surface area contributed by atoms with Crippen molar-refractivity contribution in [2.45, 2.75) is 31.6 Å². The largest absolute Gasteiger partial charge is 0.387 e. The Kier molecular flexibility index (Phi) is 4.70. The van der Waals surface area contributed by atoms with E-state index in [1.807, 2.05) is 6.07 Å². The van der Waals surface area contributed by atoms with Crippen LogP contribution in [0.2, 0.25) is 0 Å². The van der Waals surface area contributed by atoms with Gasteiger partial charge >= 0.3 is 0 Å². The van der Waals surface area contributed by atoms with E-state index in [0.29, 0.717) is 35.5 Å². The van der Waals surface area contributed by atoms with E-state index in [1.54, 1.807) is 29.6 Å². The predicted octanol–water partition coefficient (Wildman–Crippen LogP) is 2.79. The Morgan fingerprint density at radius 3 is 2.35 bits per heavy atom. The fourth-order valence-electron chi connectivity index (χ4n) is 2.82. The van der Waals surface area contributed by atoms with Gasteiger partial charge in [0.25, 0.3) is 0 Å². The molecular weight excluding hydrogens is 272 g/mol. The Bertz CT molecular complexity index is 547. The summed E-state index contributed by atoms with van der Waals surface area (Å²) in [5.74, 6) is 1.27. The zero-order chi connectivity index (χ0) is 14.8. The maximum absolute atomic E-state index is 12.7. The number of sulfonamides is 1. The number of anilines is 1. The molecule has 0 unspecified atom stereocenters. The van der Waals surface area contributed by atoms with Crippen molar-refractivity contribution in [2.24, 2.45) is 11.8 Å². The third-order valence-corrected chi connectivity index (χ3v) is 6.17. The van der Waals surface area contributed by atoms with Gasteiger partial charge in [0.1, 0.15) is 4.90 Å². The monoisotopic (exact) mass is 296 g/mol. The molecule has 0 saturated carbocycles. The average molecular weight is 296 g/mol. The van der Waals surface area contributed by atoms with Gasteiger partial charge in [0.15, 0.2) is 0 Å². The van der Waals surface area contributed by atoms with Gasteiger partial charge in [-0.25, -0.2) is 8.42 Å². The molecule has 1 fully saturated rings. The standard InChI is InChI=1S/C15H24N2O2S/c1-12(2)13-8-10-17(11-9-13)20(18,19)15-7-5-4-6-14(15)16-3/h4-7,12-13,16H,8-11H2,1-3H3. The van der Waals surface area contributed by atoms with Crippen LogP contribution in [0.5, 0.6) is 0 Å². The van der Waals surface area contributed by atoms with Crippen LogP contribution < -0.4 is 5.32 Å². The summed E-state index contributed by atoms with van der Waals surface area (Å²) in [6.07, 6.45) is 1.91. The fourth-order valence-corrected chi connectivity index (χ4v) is 4.49. The summed E-state index contributed by atoms with van der Waals surface area (Å²) in [6.45, 7) is 5.68. The number of para-hydroxylation sites is 1. The molecule has 2 rings (SSSR count). The molecule has 1 aromatic carbocycles. The highest BCUT2D eigenvalue weighted by Gasteiger charge is 2.31. The second-order valence-electron chi connectivity index (χ2n) is 5.73. The SMILES string of the molecule is CNc1ccccc1S(=O)(=O)N1CCC(C(C)C)CC1. The summed E-state index contributed by atoms with van der Waals surface area (Å²) in [6, 6.07) is 7.09. The molecule has 0 aromatic heterocycles. The maximum Gasteiger partial charge on any atom is 0.245 e. The number of hydrogen-bond acceptors (Lipinski definition) is 3. The molecule has 1 heterocycles. The first kappa shape index (κ1) is 15.3. The Balaban J connectivity index is 2.20. The maximum atomic E-state index is 12.7. The first-order valence-electron chi connectivity index (χ1n) is 7.23. The second kappa shape index (κ2) is 6.14. The molecule has 1 aromatic rings. The van der Waals surface area contributed by atoms with Crippen LogP contribution in [-0.4, -0.2) is 32.9 Å². The predicted molar refractivity (Wildman–Crippen MR) is 82.3 cm³/mol. The lowest BCUT2D eigenvalue weighted by molar-refractivity contribution is 0.226. The number of nitrogens with zero attached hydrogens (tertiary/aromatic N) is 1. The van der Waals surface area contributed by atoms with Crippen LogP contribution >= 0.6 is 0 Å². The Labute approximate surface area is 122 Å². The summed E-state index contributed by atoms with van der Waals surface area (Å²) in [5.41, 5.74) is 0.665. The van der Waals surface area contributed by atoms with Gasteiger partial charge in [-0.05, 0) is 36.8 Å². The molecule has 4 nitrogen and oxygen atoms in total. The summed E-state index contributed by atoms with van der Waals surface area (Å²) in [7, 11) is -1.63. The highest BCUT2D eigenvalue weighted by molar-refractivity contribution is 7.89. The van der Waals surface area contributed by atoms with Gasteiger partial charge in [-0.2, -0.15) is 4.31 Å². The van der Waals surface area contributed by atoms with E-state index in [0.717, 1.165) is 12.8 Å². The van der Waals surface area contributed by atoms with Gasteiger partial charge in [-0.15, -0.1) is 0 Å². The Morgan fingerprint density at radius 2 is 1.80 bits per heavy atom. The summed E-state index contributed by atoms with van der Waals surface area (Å²) in [4.78, 5) is 0.380. The minimum absolute atomic E-state index is 0.380. The highest BCUT2D eigenvalue weighted by Crippen LogP contribution is 2.30. The molecule has 5 heteroatoms. The first-order chi connectivity index (χ1) is 9.46. The minimum Gasteiger partial charge on any atom is -0.387 e. The molecule has 0 atom stereocenters. The van der Waals surface area contributed by atoms with Gasteiger partial charge in [0.2, 0.25) is 10.0 Å². The van der Waals surface area contributed by atoms with Crippen molar-refractivity contribution < 1.29 is 8.42 Å². The zero-order valence-corrected chi connectivity index (χ0v) is 13.3. The van der Waals surface area contributed by atoms with Crippen LogP contribution in [0.25, 0.3) is 0 Å². The van der Waals surface area contributed by atoms with E-state index in [1.165, 1.54) is 0 Å². The molecule has 0 bridgehead atoms. The third kappa shape index (κ3) is 2.99. The van der Waals surface area contributed by atoms with Gasteiger partial charge in [0.05, 0.1) is 5.69 Å². The molecule has 20 heavy (non-hydrogen) atoms. The molecule has 0 spiro atoms. The van der Waals surface area contributed by atoms with Crippen molar-refractivity contribution in [3.05, 3.63) is 24.3 Å². The van der Waals surface area contributed by atoms with Crippen LogP contribution in [0, 0.1) is 11.8 Å². The number of benzene rings is 1. The molecule has 1 aliphatic heterocycles. The summed E-state index contributed by atoms with van der Waals surface area (Å²) >= 11 is 0. The van der Waals surface area contributed by atoms with Crippen molar-refractivity contribution >= 4 is 15.7 Å². The van der Waals surface area contributed by atoms with Gasteiger partial charge < -0.3 is 5.32 Å².